The maximum atomic E-state index is 13.0. The van der Waals surface area contributed by atoms with E-state index in [9.17, 15) is 13.2 Å². The zero-order valence-corrected chi connectivity index (χ0v) is 18.6. The summed E-state index contributed by atoms with van der Waals surface area (Å²) in [6, 6.07) is 12.9. The summed E-state index contributed by atoms with van der Waals surface area (Å²) in [4.78, 5) is 14.7. The molecule has 0 aliphatic carbocycles. The van der Waals surface area contributed by atoms with Crippen LogP contribution in [0, 0.1) is 13.8 Å². The first-order chi connectivity index (χ1) is 14.3. The number of nitrogens with zero attached hydrogens (tertiary/aromatic N) is 1. The first kappa shape index (κ1) is 22.2. The Kier molecular flexibility index (Phi) is 7.02. The Labute approximate surface area is 178 Å². The van der Waals surface area contributed by atoms with Crippen molar-refractivity contribution in [1.82, 2.24) is 4.90 Å². The zero-order valence-electron chi connectivity index (χ0n) is 17.8. The fraction of sp³-hybridized carbons (Fsp3) is 0.435. The van der Waals surface area contributed by atoms with E-state index >= 15 is 0 Å². The minimum atomic E-state index is -3.11. The van der Waals surface area contributed by atoms with E-state index in [0.717, 1.165) is 22.4 Å². The second-order valence-corrected chi connectivity index (χ2v) is 9.92. The van der Waals surface area contributed by atoms with Crippen LogP contribution in [-0.4, -0.2) is 50.0 Å². The lowest BCUT2D eigenvalue weighted by Crippen LogP contribution is -2.43. The van der Waals surface area contributed by atoms with Gasteiger partial charge in [-0.1, -0.05) is 18.2 Å². The number of carbonyl (C=O) groups excluding carboxylic acids is 1. The fourth-order valence-electron chi connectivity index (χ4n) is 3.53. The highest BCUT2D eigenvalue weighted by molar-refractivity contribution is 7.91. The van der Waals surface area contributed by atoms with Crippen LogP contribution in [-0.2, 0) is 21.2 Å². The number of aryl methyl sites for hydroxylation is 2. The number of benzene rings is 2. The van der Waals surface area contributed by atoms with Gasteiger partial charge in [0.25, 0.3) is 5.91 Å². The van der Waals surface area contributed by atoms with Crippen LogP contribution >= 0.6 is 0 Å². The van der Waals surface area contributed by atoms with Gasteiger partial charge in [-0.3, -0.25) is 4.79 Å². The van der Waals surface area contributed by atoms with Crippen molar-refractivity contribution in [3.8, 4) is 11.5 Å². The predicted molar refractivity (Wildman–Crippen MR) is 117 cm³/mol. The van der Waals surface area contributed by atoms with Gasteiger partial charge >= 0.3 is 0 Å². The second-order valence-electron chi connectivity index (χ2n) is 7.69. The average molecular weight is 432 g/mol. The number of rotatable bonds is 8. The molecule has 1 unspecified atom stereocenters. The first-order valence-electron chi connectivity index (χ1n) is 10.2. The average Bonchev–Trinajstić information content (AvgIpc) is 3.07. The fourth-order valence-corrected chi connectivity index (χ4v) is 5.26. The molecule has 2 aromatic rings. The van der Waals surface area contributed by atoms with Gasteiger partial charge in [-0.05, 0) is 68.1 Å². The maximum absolute atomic E-state index is 13.0. The minimum absolute atomic E-state index is 0.000586. The summed E-state index contributed by atoms with van der Waals surface area (Å²) < 4.78 is 35.2. The number of ether oxygens (including phenoxy) is 2. The Bertz CT molecular complexity index is 985. The highest BCUT2D eigenvalue weighted by Gasteiger charge is 2.34. The van der Waals surface area contributed by atoms with Gasteiger partial charge in [-0.2, -0.15) is 0 Å². The third kappa shape index (κ3) is 5.75. The molecule has 1 fully saturated rings. The Morgan fingerprint density at radius 2 is 1.73 bits per heavy atom. The van der Waals surface area contributed by atoms with Crippen LogP contribution in [0.2, 0.25) is 0 Å². The molecule has 2 aromatic carbocycles. The molecule has 1 amide bonds. The van der Waals surface area contributed by atoms with E-state index in [2.05, 4.69) is 0 Å². The van der Waals surface area contributed by atoms with E-state index in [1.54, 1.807) is 4.90 Å². The van der Waals surface area contributed by atoms with E-state index in [-0.39, 0.29) is 30.1 Å². The lowest BCUT2D eigenvalue weighted by molar-refractivity contribution is -0.136. The van der Waals surface area contributed by atoms with Crippen molar-refractivity contribution >= 4 is 15.7 Å². The molecule has 0 bridgehead atoms. The monoisotopic (exact) mass is 431 g/mol. The molecule has 0 spiro atoms. The molecule has 0 radical (unpaired) electrons. The number of sulfone groups is 1. The summed E-state index contributed by atoms with van der Waals surface area (Å²) >= 11 is 0. The molecule has 1 aliphatic rings. The zero-order chi connectivity index (χ0) is 21.7. The Hall–Kier alpha value is -2.54. The molecule has 7 heteroatoms. The Morgan fingerprint density at radius 1 is 1.03 bits per heavy atom. The van der Waals surface area contributed by atoms with Gasteiger partial charge in [-0.25, -0.2) is 8.42 Å². The van der Waals surface area contributed by atoms with Crippen LogP contribution in [0.1, 0.15) is 30.0 Å². The van der Waals surface area contributed by atoms with Crippen LogP contribution in [0.4, 0.5) is 0 Å². The Balaban J connectivity index is 1.72. The molecule has 3 rings (SSSR count). The maximum Gasteiger partial charge on any atom is 0.261 e. The van der Waals surface area contributed by atoms with Crippen LogP contribution in [0.5, 0.6) is 11.5 Å². The lowest BCUT2D eigenvalue weighted by Gasteiger charge is -2.28. The molecule has 162 valence electrons. The van der Waals surface area contributed by atoms with Crippen LogP contribution in [0.3, 0.4) is 0 Å². The van der Waals surface area contributed by atoms with Gasteiger partial charge < -0.3 is 14.4 Å². The van der Waals surface area contributed by atoms with Crippen molar-refractivity contribution in [3.05, 3.63) is 59.2 Å². The van der Waals surface area contributed by atoms with Crippen molar-refractivity contribution in [3.63, 3.8) is 0 Å². The van der Waals surface area contributed by atoms with Gasteiger partial charge in [-0.15, -0.1) is 0 Å². The highest BCUT2D eigenvalue weighted by atomic mass is 32.2. The smallest absolute Gasteiger partial charge is 0.261 e. The largest absolute Gasteiger partial charge is 0.494 e. The SMILES string of the molecule is CCOc1ccc(CN(C(=O)COc2ccc(C)c(C)c2)C2CCS(=O)(=O)C2)cc1. The quantitative estimate of drug-likeness (QED) is 0.641. The van der Waals surface area contributed by atoms with Crippen molar-refractivity contribution in [2.45, 2.75) is 39.8 Å². The number of hydrogen-bond donors (Lipinski definition) is 0. The highest BCUT2D eigenvalue weighted by Crippen LogP contribution is 2.22. The molecule has 6 nitrogen and oxygen atoms in total. The summed E-state index contributed by atoms with van der Waals surface area (Å²) in [5.74, 6) is 1.29. The summed E-state index contributed by atoms with van der Waals surface area (Å²) in [5.41, 5.74) is 3.16. The standard InChI is InChI=1S/C23H29NO5S/c1-4-28-21-9-6-19(7-10-21)14-24(20-11-12-30(26,27)16-20)23(25)15-29-22-8-5-17(2)18(3)13-22/h5-10,13,20H,4,11-12,14-16H2,1-3H3. The van der Waals surface area contributed by atoms with E-state index in [1.807, 2.05) is 63.2 Å². The van der Waals surface area contributed by atoms with Gasteiger partial charge in [0.15, 0.2) is 16.4 Å². The third-order valence-electron chi connectivity index (χ3n) is 5.40. The number of hydrogen-bond acceptors (Lipinski definition) is 5. The molecule has 1 aliphatic heterocycles. The van der Waals surface area contributed by atoms with Gasteiger partial charge in [0, 0.05) is 12.6 Å². The van der Waals surface area contributed by atoms with Crippen LogP contribution in [0.25, 0.3) is 0 Å². The normalized spacial score (nSPS) is 17.5. The summed E-state index contributed by atoms with van der Waals surface area (Å²) in [6.07, 6.45) is 0.453. The summed E-state index contributed by atoms with van der Waals surface area (Å²) in [5, 5.41) is 0. The van der Waals surface area contributed by atoms with E-state index in [1.165, 1.54) is 0 Å². The summed E-state index contributed by atoms with van der Waals surface area (Å²) in [7, 11) is -3.11. The third-order valence-corrected chi connectivity index (χ3v) is 7.15. The topological polar surface area (TPSA) is 72.9 Å². The lowest BCUT2D eigenvalue weighted by atomic mass is 10.1. The van der Waals surface area contributed by atoms with E-state index < -0.39 is 9.84 Å². The van der Waals surface area contributed by atoms with Gasteiger partial charge in [0.1, 0.15) is 11.5 Å². The molecular formula is C23H29NO5S. The van der Waals surface area contributed by atoms with Crippen molar-refractivity contribution in [2.75, 3.05) is 24.7 Å². The first-order valence-corrected chi connectivity index (χ1v) is 12.0. The molecule has 1 saturated heterocycles. The van der Waals surface area contributed by atoms with Crippen LogP contribution < -0.4 is 9.47 Å². The van der Waals surface area contributed by atoms with Gasteiger partial charge in [0.05, 0.1) is 18.1 Å². The molecule has 30 heavy (non-hydrogen) atoms. The minimum Gasteiger partial charge on any atom is -0.494 e. The van der Waals surface area contributed by atoms with E-state index in [0.29, 0.717) is 25.3 Å². The molecule has 0 aromatic heterocycles. The number of amides is 1. The molecule has 0 saturated carbocycles. The van der Waals surface area contributed by atoms with Crippen molar-refractivity contribution < 1.29 is 22.7 Å². The van der Waals surface area contributed by atoms with Crippen molar-refractivity contribution in [1.29, 1.82) is 0 Å². The number of carbonyl (C=O) groups is 1. The Morgan fingerprint density at radius 3 is 2.33 bits per heavy atom. The van der Waals surface area contributed by atoms with Crippen molar-refractivity contribution in [2.24, 2.45) is 0 Å². The molecular weight excluding hydrogens is 402 g/mol. The second kappa shape index (κ2) is 9.51. The molecule has 1 atom stereocenters. The predicted octanol–water partition coefficient (Wildman–Crippen LogP) is 3.30. The van der Waals surface area contributed by atoms with Crippen LogP contribution in [0.15, 0.2) is 42.5 Å². The molecule has 0 N–H and O–H groups in total. The van der Waals surface area contributed by atoms with Gasteiger partial charge in [0.2, 0.25) is 0 Å². The molecule has 1 heterocycles. The summed E-state index contributed by atoms with van der Waals surface area (Å²) in [6.45, 7) is 6.72. The van der Waals surface area contributed by atoms with E-state index in [4.69, 9.17) is 9.47 Å².